The van der Waals surface area contributed by atoms with Crippen molar-refractivity contribution in [1.82, 2.24) is 9.80 Å². The molecule has 4 nitrogen and oxygen atoms in total. The molecule has 2 saturated heterocycles. The number of thiocarbonyl (C=S) groups is 1. The number of hydrogen-bond acceptors (Lipinski definition) is 4. The third kappa shape index (κ3) is 6.08. The number of piperidine rings is 1. The number of amides is 2. The SMILES string of the molecule is CC[C@@H]1CCCCN1C(=O)CCCCCN1C(=O)/C(=C/c2ccc(Cl)cc2)SC1=S. The molecule has 2 aliphatic rings. The number of unbranched alkanes of at least 4 members (excludes halogenated alkanes) is 2. The van der Waals surface area contributed by atoms with Crippen molar-refractivity contribution in [2.75, 3.05) is 13.1 Å². The molecule has 2 heterocycles. The van der Waals surface area contributed by atoms with Crippen molar-refractivity contribution in [2.24, 2.45) is 0 Å². The van der Waals surface area contributed by atoms with Crippen LogP contribution in [0.1, 0.15) is 63.9 Å². The lowest BCUT2D eigenvalue weighted by molar-refractivity contribution is -0.135. The molecule has 0 aromatic heterocycles. The van der Waals surface area contributed by atoms with Crippen molar-refractivity contribution in [3.63, 3.8) is 0 Å². The number of likely N-dealkylation sites (tertiary alicyclic amines) is 1. The second-order valence-corrected chi connectivity index (χ2v) is 9.95. The fourth-order valence-electron chi connectivity index (χ4n) is 4.02. The van der Waals surface area contributed by atoms with Gasteiger partial charge in [0.05, 0.1) is 4.91 Å². The first-order chi connectivity index (χ1) is 14.5. The van der Waals surface area contributed by atoms with Gasteiger partial charge >= 0.3 is 0 Å². The van der Waals surface area contributed by atoms with Crippen LogP contribution in [0.2, 0.25) is 5.02 Å². The summed E-state index contributed by atoms with van der Waals surface area (Å²) < 4.78 is 0.607. The minimum Gasteiger partial charge on any atom is -0.340 e. The van der Waals surface area contributed by atoms with Crippen LogP contribution in [0, 0.1) is 0 Å². The van der Waals surface area contributed by atoms with Gasteiger partial charge in [-0.2, -0.15) is 0 Å². The third-order valence-corrected chi connectivity index (χ3v) is 7.36. The molecule has 0 bridgehead atoms. The third-order valence-electron chi connectivity index (χ3n) is 5.73. The molecule has 1 atom stereocenters. The van der Waals surface area contributed by atoms with Gasteiger partial charge in [-0.25, -0.2) is 0 Å². The van der Waals surface area contributed by atoms with Crippen LogP contribution in [0.25, 0.3) is 6.08 Å². The average Bonchev–Trinajstić information content (AvgIpc) is 3.02. The van der Waals surface area contributed by atoms with Gasteiger partial charge in [0.1, 0.15) is 4.32 Å². The lowest BCUT2D eigenvalue weighted by Gasteiger charge is -2.35. The number of carbonyl (C=O) groups excluding carboxylic acids is 2. The first kappa shape index (κ1) is 23.3. The van der Waals surface area contributed by atoms with E-state index in [0.717, 1.165) is 50.6 Å². The summed E-state index contributed by atoms with van der Waals surface area (Å²) in [4.78, 5) is 29.7. The minimum atomic E-state index is -0.0323. The van der Waals surface area contributed by atoms with Crippen molar-refractivity contribution in [3.8, 4) is 0 Å². The van der Waals surface area contributed by atoms with E-state index in [4.69, 9.17) is 23.8 Å². The second kappa shape index (κ2) is 11.3. The van der Waals surface area contributed by atoms with Crippen molar-refractivity contribution >= 4 is 57.8 Å². The molecule has 2 fully saturated rings. The molecular formula is C23H29ClN2O2S2. The lowest BCUT2D eigenvalue weighted by atomic mass is 9.99. The molecule has 2 aliphatic heterocycles. The van der Waals surface area contributed by atoms with Crippen molar-refractivity contribution in [2.45, 2.75) is 64.3 Å². The molecule has 0 unspecified atom stereocenters. The zero-order valence-corrected chi connectivity index (χ0v) is 19.8. The number of carbonyl (C=O) groups is 2. The van der Waals surface area contributed by atoms with E-state index in [-0.39, 0.29) is 11.8 Å². The lowest BCUT2D eigenvalue weighted by Crippen LogP contribution is -2.43. The number of thioether (sulfide) groups is 1. The molecule has 0 N–H and O–H groups in total. The van der Waals surface area contributed by atoms with Gasteiger partial charge in [-0.15, -0.1) is 0 Å². The molecule has 7 heteroatoms. The van der Waals surface area contributed by atoms with Crippen LogP contribution in [0.5, 0.6) is 0 Å². The standard InChI is InChI=1S/C23H29ClN2O2S2/c1-2-19-8-5-7-14-25(19)21(27)9-4-3-6-15-26-22(28)20(30-23(26)29)16-17-10-12-18(24)13-11-17/h10-13,16,19H,2-9,14-15H2,1H3/b20-16-/t19-/m1/s1. The normalized spacial score (nSPS) is 21.0. The highest BCUT2D eigenvalue weighted by atomic mass is 35.5. The maximum Gasteiger partial charge on any atom is 0.266 e. The van der Waals surface area contributed by atoms with Crippen LogP contribution >= 0.6 is 35.6 Å². The van der Waals surface area contributed by atoms with Gasteiger partial charge in [0.25, 0.3) is 5.91 Å². The zero-order valence-electron chi connectivity index (χ0n) is 17.4. The van der Waals surface area contributed by atoms with Crippen LogP contribution in [-0.4, -0.2) is 45.1 Å². The summed E-state index contributed by atoms with van der Waals surface area (Å²) in [5.41, 5.74) is 0.932. The number of nitrogens with zero attached hydrogens (tertiary/aromatic N) is 2. The Balaban J connectivity index is 1.42. The Morgan fingerprint density at radius 1 is 1.23 bits per heavy atom. The van der Waals surface area contributed by atoms with Crippen molar-refractivity contribution < 1.29 is 9.59 Å². The first-order valence-corrected chi connectivity index (χ1v) is 12.4. The van der Waals surface area contributed by atoms with Gasteiger partial charge in [0.15, 0.2) is 0 Å². The highest BCUT2D eigenvalue weighted by molar-refractivity contribution is 8.26. The van der Waals surface area contributed by atoms with E-state index in [1.54, 1.807) is 4.90 Å². The molecular weight excluding hydrogens is 436 g/mol. The molecule has 0 aliphatic carbocycles. The van der Waals surface area contributed by atoms with E-state index >= 15 is 0 Å². The van der Waals surface area contributed by atoms with Crippen LogP contribution in [0.15, 0.2) is 29.2 Å². The Morgan fingerprint density at radius 3 is 2.73 bits per heavy atom. The Bertz CT molecular complexity index is 810. The van der Waals surface area contributed by atoms with Gasteiger partial charge in [0, 0.05) is 30.6 Å². The smallest absolute Gasteiger partial charge is 0.266 e. The van der Waals surface area contributed by atoms with Gasteiger partial charge in [0.2, 0.25) is 5.91 Å². The van der Waals surface area contributed by atoms with Crippen LogP contribution < -0.4 is 0 Å². The Hall–Kier alpha value is -1.37. The molecule has 3 rings (SSSR count). The summed E-state index contributed by atoms with van der Waals surface area (Å²) in [5, 5.41) is 0.670. The van der Waals surface area contributed by atoms with E-state index in [0.29, 0.717) is 33.3 Å². The number of halogens is 1. The van der Waals surface area contributed by atoms with Gasteiger partial charge in [-0.3, -0.25) is 14.5 Å². The minimum absolute atomic E-state index is 0.0323. The van der Waals surface area contributed by atoms with Gasteiger partial charge < -0.3 is 4.90 Å². The fraction of sp³-hybridized carbons (Fsp3) is 0.522. The maximum atomic E-state index is 12.7. The highest BCUT2D eigenvalue weighted by Gasteiger charge is 2.31. The van der Waals surface area contributed by atoms with Gasteiger partial charge in [-0.1, -0.05) is 61.1 Å². The van der Waals surface area contributed by atoms with Crippen LogP contribution in [0.3, 0.4) is 0 Å². The number of hydrogen-bond donors (Lipinski definition) is 0. The van der Waals surface area contributed by atoms with Gasteiger partial charge in [-0.05, 0) is 62.3 Å². The molecule has 30 heavy (non-hydrogen) atoms. The summed E-state index contributed by atoms with van der Waals surface area (Å²) in [5.74, 6) is 0.258. The molecule has 162 valence electrons. The molecule has 1 aromatic rings. The summed E-state index contributed by atoms with van der Waals surface area (Å²) in [7, 11) is 0. The largest absolute Gasteiger partial charge is 0.340 e. The zero-order chi connectivity index (χ0) is 21.5. The molecule has 1 aromatic carbocycles. The van der Waals surface area contributed by atoms with Crippen LogP contribution in [-0.2, 0) is 9.59 Å². The number of rotatable bonds is 8. The topological polar surface area (TPSA) is 40.6 Å². The predicted molar refractivity (Wildman–Crippen MR) is 129 cm³/mol. The molecule has 0 spiro atoms. The van der Waals surface area contributed by atoms with E-state index < -0.39 is 0 Å². The maximum absolute atomic E-state index is 12.7. The average molecular weight is 465 g/mol. The Kier molecular flexibility index (Phi) is 8.78. The van der Waals surface area contributed by atoms with E-state index in [9.17, 15) is 9.59 Å². The van der Waals surface area contributed by atoms with Crippen molar-refractivity contribution in [3.05, 3.63) is 39.8 Å². The summed E-state index contributed by atoms with van der Waals surface area (Å²) in [6, 6.07) is 7.81. The fourth-order valence-corrected chi connectivity index (χ4v) is 5.46. The highest BCUT2D eigenvalue weighted by Crippen LogP contribution is 2.33. The monoisotopic (exact) mass is 464 g/mol. The summed E-state index contributed by atoms with van der Waals surface area (Å²) in [6.07, 6.45) is 9.64. The second-order valence-electron chi connectivity index (χ2n) is 7.84. The molecule has 2 amide bonds. The summed E-state index contributed by atoms with van der Waals surface area (Å²) in [6.45, 7) is 3.69. The summed E-state index contributed by atoms with van der Waals surface area (Å²) >= 11 is 12.7. The Labute approximate surface area is 194 Å². The molecule has 0 saturated carbocycles. The van der Waals surface area contributed by atoms with Crippen LogP contribution in [0.4, 0.5) is 0 Å². The number of benzene rings is 1. The van der Waals surface area contributed by atoms with E-state index in [1.165, 1.54) is 18.2 Å². The van der Waals surface area contributed by atoms with E-state index in [2.05, 4.69) is 11.8 Å². The van der Waals surface area contributed by atoms with E-state index in [1.807, 2.05) is 30.3 Å². The first-order valence-electron chi connectivity index (χ1n) is 10.8. The quantitative estimate of drug-likeness (QED) is 0.273. The molecule has 0 radical (unpaired) electrons. The Morgan fingerprint density at radius 2 is 2.00 bits per heavy atom. The van der Waals surface area contributed by atoms with Crippen molar-refractivity contribution in [1.29, 1.82) is 0 Å². The predicted octanol–water partition coefficient (Wildman–Crippen LogP) is 5.89.